The lowest BCUT2D eigenvalue weighted by Crippen LogP contribution is -2.33. The van der Waals surface area contributed by atoms with E-state index >= 15 is 0 Å². The molecule has 0 aromatic heterocycles. The highest BCUT2D eigenvalue weighted by Gasteiger charge is 2.37. The summed E-state index contributed by atoms with van der Waals surface area (Å²) < 4.78 is 0. The fourth-order valence-electron chi connectivity index (χ4n) is 3.12. The molecule has 0 aliphatic carbocycles. The SMILES string of the molecule is CC(=O)Nc1cccc(C(=O)N2CC(C)(C)c3ccccc32)c1. The average molecular weight is 308 g/mol. The molecule has 3 rings (SSSR count). The molecule has 0 radical (unpaired) electrons. The molecule has 4 nitrogen and oxygen atoms in total. The summed E-state index contributed by atoms with van der Waals surface area (Å²) in [6.45, 7) is 6.39. The molecule has 1 heterocycles. The van der Waals surface area contributed by atoms with Crippen LogP contribution in [0.15, 0.2) is 48.5 Å². The van der Waals surface area contributed by atoms with Gasteiger partial charge < -0.3 is 10.2 Å². The normalized spacial score (nSPS) is 15.2. The molecule has 0 fully saturated rings. The van der Waals surface area contributed by atoms with E-state index in [2.05, 4.69) is 25.2 Å². The van der Waals surface area contributed by atoms with Crippen molar-refractivity contribution in [2.24, 2.45) is 0 Å². The van der Waals surface area contributed by atoms with Crippen molar-refractivity contribution < 1.29 is 9.59 Å². The summed E-state index contributed by atoms with van der Waals surface area (Å²) in [5.41, 5.74) is 3.29. The zero-order valence-corrected chi connectivity index (χ0v) is 13.6. The largest absolute Gasteiger partial charge is 0.326 e. The Morgan fingerprint density at radius 2 is 1.83 bits per heavy atom. The Morgan fingerprint density at radius 1 is 1.09 bits per heavy atom. The number of rotatable bonds is 2. The lowest BCUT2D eigenvalue weighted by atomic mass is 9.87. The topological polar surface area (TPSA) is 49.4 Å². The Labute approximate surface area is 136 Å². The van der Waals surface area contributed by atoms with Crippen LogP contribution in [0.5, 0.6) is 0 Å². The third-order valence-electron chi connectivity index (χ3n) is 4.15. The van der Waals surface area contributed by atoms with Crippen LogP contribution in [-0.4, -0.2) is 18.4 Å². The van der Waals surface area contributed by atoms with Gasteiger partial charge in [0.1, 0.15) is 0 Å². The summed E-state index contributed by atoms with van der Waals surface area (Å²) in [4.78, 5) is 26.0. The summed E-state index contributed by atoms with van der Waals surface area (Å²) in [6, 6.07) is 15.1. The number of fused-ring (bicyclic) bond motifs is 1. The number of amides is 2. The van der Waals surface area contributed by atoms with Crippen molar-refractivity contribution in [3.63, 3.8) is 0 Å². The molecule has 2 amide bonds. The van der Waals surface area contributed by atoms with Gasteiger partial charge in [0.05, 0.1) is 0 Å². The van der Waals surface area contributed by atoms with Crippen LogP contribution in [0.2, 0.25) is 0 Å². The maximum absolute atomic E-state index is 12.9. The first-order chi connectivity index (χ1) is 10.9. The molecule has 2 aromatic rings. The van der Waals surface area contributed by atoms with Crippen LogP contribution in [0.3, 0.4) is 0 Å². The molecule has 1 N–H and O–H groups in total. The molecule has 0 atom stereocenters. The molecule has 0 bridgehead atoms. The van der Waals surface area contributed by atoms with Crippen molar-refractivity contribution in [2.45, 2.75) is 26.2 Å². The molecule has 118 valence electrons. The van der Waals surface area contributed by atoms with Crippen molar-refractivity contribution in [3.05, 3.63) is 59.7 Å². The van der Waals surface area contributed by atoms with Gasteiger partial charge in [0.25, 0.3) is 5.91 Å². The van der Waals surface area contributed by atoms with Crippen LogP contribution in [-0.2, 0) is 10.2 Å². The van der Waals surface area contributed by atoms with Gasteiger partial charge in [0, 0.05) is 35.8 Å². The van der Waals surface area contributed by atoms with Gasteiger partial charge in [-0.15, -0.1) is 0 Å². The smallest absolute Gasteiger partial charge is 0.258 e. The second kappa shape index (κ2) is 5.54. The predicted molar refractivity (Wildman–Crippen MR) is 91.9 cm³/mol. The van der Waals surface area contributed by atoms with Crippen LogP contribution >= 0.6 is 0 Å². The van der Waals surface area contributed by atoms with Gasteiger partial charge in [-0.3, -0.25) is 9.59 Å². The van der Waals surface area contributed by atoms with Crippen LogP contribution in [0.25, 0.3) is 0 Å². The van der Waals surface area contributed by atoms with Crippen molar-refractivity contribution in [1.29, 1.82) is 0 Å². The Hall–Kier alpha value is -2.62. The highest BCUT2D eigenvalue weighted by Crippen LogP contribution is 2.40. The summed E-state index contributed by atoms with van der Waals surface area (Å²) >= 11 is 0. The van der Waals surface area contributed by atoms with E-state index in [0.29, 0.717) is 17.8 Å². The number of hydrogen-bond acceptors (Lipinski definition) is 2. The minimum absolute atomic E-state index is 0.0461. The minimum Gasteiger partial charge on any atom is -0.326 e. The fraction of sp³-hybridized carbons (Fsp3) is 0.263. The minimum atomic E-state index is -0.151. The van der Waals surface area contributed by atoms with E-state index < -0.39 is 0 Å². The first-order valence-electron chi connectivity index (χ1n) is 7.67. The van der Waals surface area contributed by atoms with Gasteiger partial charge in [0.15, 0.2) is 0 Å². The number of carbonyl (C=O) groups excluding carboxylic acids is 2. The first-order valence-corrected chi connectivity index (χ1v) is 7.67. The predicted octanol–water partition coefficient (Wildman–Crippen LogP) is 3.58. The van der Waals surface area contributed by atoms with Crippen LogP contribution < -0.4 is 10.2 Å². The second-order valence-electron chi connectivity index (χ2n) is 6.55. The number of nitrogens with one attached hydrogen (secondary N) is 1. The molecular formula is C19H20N2O2. The zero-order valence-electron chi connectivity index (χ0n) is 13.6. The molecule has 1 aliphatic heterocycles. The Bertz CT molecular complexity index is 780. The van der Waals surface area contributed by atoms with Crippen molar-refractivity contribution >= 4 is 23.2 Å². The third-order valence-corrected chi connectivity index (χ3v) is 4.15. The summed E-state index contributed by atoms with van der Waals surface area (Å²) in [5, 5.41) is 2.72. The highest BCUT2D eigenvalue weighted by molar-refractivity contribution is 6.08. The number of hydrogen-bond donors (Lipinski definition) is 1. The van der Waals surface area contributed by atoms with Crippen molar-refractivity contribution in [3.8, 4) is 0 Å². The maximum atomic E-state index is 12.9. The van der Waals surface area contributed by atoms with Gasteiger partial charge >= 0.3 is 0 Å². The van der Waals surface area contributed by atoms with Crippen molar-refractivity contribution in [2.75, 3.05) is 16.8 Å². The van der Waals surface area contributed by atoms with Crippen LogP contribution in [0.1, 0.15) is 36.7 Å². The summed E-state index contributed by atoms with van der Waals surface area (Å²) in [5.74, 6) is -0.197. The van der Waals surface area contributed by atoms with E-state index in [-0.39, 0.29) is 17.2 Å². The number of para-hydroxylation sites is 1. The zero-order chi connectivity index (χ0) is 16.6. The molecule has 1 aliphatic rings. The third kappa shape index (κ3) is 2.84. The fourth-order valence-corrected chi connectivity index (χ4v) is 3.12. The van der Waals surface area contributed by atoms with Gasteiger partial charge in [-0.1, -0.05) is 38.1 Å². The van der Waals surface area contributed by atoms with E-state index in [1.165, 1.54) is 12.5 Å². The van der Waals surface area contributed by atoms with E-state index in [4.69, 9.17) is 0 Å². The van der Waals surface area contributed by atoms with E-state index in [1.807, 2.05) is 23.1 Å². The van der Waals surface area contributed by atoms with Crippen molar-refractivity contribution in [1.82, 2.24) is 0 Å². The standard InChI is InChI=1S/C19H20N2O2/c1-13(22)20-15-8-6-7-14(11-15)18(23)21-12-19(2,3)16-9-4-5-10-17(16)21/h4-11H,12H2,1-3H3,(H,20,22). The molecule has 23 heavy (non-hydrogen) atoms. The molecule has 2 aromatic carbocycles. The van der Waals surface area contributed by atoms with Gasteiger partial charge in [-0.25, -0.2) is 0 Å². The molecule has 0 spiro atoms. The Balaban J connectivity index is 1.94. The molecule has 0 saturated carbocycles. The Kier molecular flexibility index (Phi) is 3.68. The molecule has 4 heteroatoms. The number of carbonyl (C=O) groups is 2. The summed E-state index contributed by atoms with van der Waals surface area (Å²) in [6.07, 6.45) is 0. The van der Waals surface area contributed by atoms with Crippen LogP contribution in [0, 0.1) is 0 Å². The number of anilines is 2. The summed E-state index contributed by atoms with van der Waals surface area (Å²) in [7, 11) is 0. The molecule has 0 unspecified atom stereocenters. The van der Waals surface area contributed by atoms with Gasteiger partial charge in [-0.05, 0) is 29.8 Å². The van der Waals surface area contributed by atoms with Gasteiger partial charge in [0.2, 0.25) is 5.91 Å². The average Bonchev–Trinajstić information content (AvgIpc) is 2.78. The Morgan fingerprint density at radius 3 is 2.57 bits per heavy atom. The molecular weight excluding hydrogens is 288 g/mol. The van der Waals surface area contributed by atoms with E-state index in [1.54, 1.807) is 24.3 Å². The first kappa shape index (κ1) is 15.3. The second-order valence-corrected chi connectivity index (χ2v) is 6.55. The highest BCUT2D eigenvalue weighted by atomic mass is 16.2. The lowest BCUT2D eigenvalue weighted by molar-refractivity contribution is -0.114. The monoisotopic (exact) mass is 308 g/mol. The van der Waals surface area contributed by atoms with E-state index in [9.17, 15) is 9.59 Å². The number of benzene rings is 2. The van der Waals surface area contributed by atoms with Crippen LogP contribution in [0.4, 0.5) is 11.4 Å². The van der Waals surface area contributed by atoms with Gasteiger partial charge in [-0.2, -0.15) is 0 Å². The maximum Gasteiger partial charge on any atom is 0.258 e. The molecule has 0 saturated heterocycles. The quantitative estimate of drug-likeness (QED) is 0.922. The number of nitrogens with zero attached hydrogens (tertiary/aromatic N) is 1. The lowest BCUT2D eigenvalue weighted by Gasteiger charge is -2.21. The van der Waals surface area contributed by atoms with E-state index in [0.717, 1.165) is 5.69 Å².